The van der Waals surface area contributed by atoms with Crippen LogP contribution >= 0.6 is 11.3 Å². The lowest BCUT2D eigenvalue weighted by molar-refractivity contribution is -0.116. The van der Waals surface area contributed by atoms with E-state index in [1.807, 2.05) is 36.4 Å². The average molecular weight is 323 g/mol. The minimum Gasteiger partial charge on any atom is -0.495 e. The third kappa shape index (κ3) is 3.00. The molecule has 2 aromatic carbocycles. The van der Waals surface area contributed by atoms with Crippen molar-refractivity contribution in [2.24, 2.45) is 0 Å². The molecule has 3 rings (SSSR count). The van der Waals surface area contributed by atoms with Crippen molar-refractivity contribution in [2.45, 2.75) is 5.92 Å². The van der Waals surface area contributed by atoms with Crippen molar-refractivity contribution < 1.29 is 9.53 Å². The maximum Gasteiger partial charge on any atom is 0.248 e. The van der Waals surface area contributed by atoms with Crippen LogP contribution in [-0.2, 0) is 4.79 Å². The molecule has 0 saturated carbocycles. The normalized spacial score (nSPS) is 11.7. The maximum absolute atomic E-state index is 12.5. The number of thiazole rings is 1. The number of rotatable bonds is 4. The molecule has 0 saturated heterocycles. The molecule has 0 radical (unpaired) electrons. The van der Waals surface area contributed by atoms with Gasteiger partial charge in [-0.05, 0) is 24.3 Å². The highest BCUT2D eigenvalue weighted by molar-refractivity contribution is 7.18. The number of aromatic nitrogens is 1. The van der Waals surface area contributed by atoms with Gasteiger partial charge in [0.1, 0.15) is 10.8 Å². The molecule has 5 nitrogen and oxygen atoms in total. The van der Waals surface area contributed by atoms with Gasteiger partial charge in [-0.25, -0.2) is 4.98 Å². The zero-order valence-corrected chi connectivity index (χ0v) is 13.1. The Bertz CT molecular complexity index is 865. The number of anilines is 1. The second-order valence-corrected chi connectivity index (χ2v) is 5.83. The summed E-state index contributed by atoms with van der Waals surface area (Å²) in [6.45, 7) is 0. The number of fused-ring (bicyclic) bond motifs is 1. The molecule has 0 aliphatic carbocycles. The van der Waals surface area contributed by atoms with Gasteiger partial charge in [-0.15, -0.1) is 11.3 Å². The summed E-state index contributed by atoms with van der Waals surface area (Å²) in [5, 5.41) is 12.6. The van der Waals surface area contributed by atoms with E-state index in [9.17, 15) is 10.1 Å². The topological polar surface area (TPSA) is 75.0 Å². The van der Waals surface area contributed by atoms with Gasteiger partial charge < -0.3 is 10.1 Å². The van der Waals surface area contributed by atoms with Crippen LogP contribution in [0.3, 0.4) is 0 Å². The van der Waals surface area contributed by atoms with Crippen LogP contribution in [0.25, 0.3) is 10.2 Å². The molecule has 23 heavy (non-hydrogen) atoms. The van der Waals surface area contributed by atoms with Gasteiger partial charge >= 0.3 is 0 Å². The number of carbonyl (C=O) groups excluding carboxylic acids is 1. The second kappa shape index (κ2) is 6.46. The predicted molar refractivity (Wildman–Crippen MR) is 89.6 cm³/mol. The number of methoxy groups -OCH3 is 1. The van der Waals surface area contributed by atoms with Gasteiger partial charge in [0.25, 0.3) is 0 Å². The molecule has 0 bridgehead atoms. The van der Waals surface area contributed by atoms with E-state index in [-0.39, 0.29) is 0 Å². The molecule has 1 aromatic heterocycles. The van der Waals surface area contributed by atoms with Gasteiger partial charge in [-0.1, -0.05) is 24.3 Å². The lowest BCUT2D eigenvalue weighted by Gasteiger charge is -2.11. The second-order valence-electron chi connectivity index (χ2n) is 4.77. The van der Waals surface area contributed by atoms with E-state index < -0.39 is 11.8 Å². The SMILES string of the molecule is COc1ccccc1NC(=O)[C@H](C#N)c1nc2ccccc2s1. The highest BCUT2D eigenvalue weighted by Crippen LogP contribution is 2.29. The number of carbonyl (C=O) groups is 1. The van der Waals surface area contributed by atoms with Crippen molar-refractivity contribution in [3.63, 3.8) is 0 Å². The monoisotopic (exact) mass is 323 g/mol. The number of nitrogens with zero attached hydrogens (tertiary/aromatic N) is 2. The van der Waals surface area contributed by atoms with E-state index in [2.05, 4.69) is 10.3 Å². The van der Waals surface area contributed by atoms with Crippen LogP contribution in [-0.4, -0.2) is 18.0 Å². The number of amides is 1. The van der Waals surface area contributed by atoms with Crippen molar-refractivity contribution in [2.75, 3.05) is 12.4 Å². The molecule has 1 amide bonds. The first-order valence-electron chi connectivity index (χ1n) is 6.92. The lowest BCUT2D eigenvalue weighted by atomic mass is 10.1. The largest absolute Gasteiger partial charge is 0.495 e. The standard InChI is InChI=1S/C17H13N3O2S/c1-22-14-8-4-2-6-12(14)19-16(21)11(10-18)17-20-13-7-3-5-9-15(13)23-17/h2-9,11H,1H3,(H,19,21)/t11-/m0/s1. The van der Waals surface area contributed by atoms with Crippen molar-refractivity contribution in [1.29, 1.82) is 5.26 Å². The van der Waals surface area contributed by atoms with E-state index in [0.717, 1.165) is 10.2 Å². The predicted octanol–water partition coefficient (Wildman–Crippen LogP) is 3.55. The minimum atomic E-state index is -0.961. The number of para-hydroxylation sites is 3. The number of ether oxygens (including phenoxy) is 1. The van der Waals surface area contributed by atoms with Crippen LogP contribution in [0.15, 0.2) is 48.5 Å². The van der Waals surface area contributed by atoms with E-state index in [1.54, 1.807) is 18.2 Å². The van der Waals surface area contributed by atoms with Gasteiger partial charge in [0, 0.05) is 0 Å². The Hall–Kier alpha value is -2.91. The Morgan fingerprint density at radius 3 is 2.74 bits per heavy atom. The van der Waals surface area contributed by atoms with Crippen LogP contribution in [0, 0.1) is 11.3 Å². The molecular formula is C17H13N3O2S. The van der Waals surface area contributed by atoms with E-state index >= 15 is 0 Å². The first-order chi connectivity index (χ1) is 11.2. The fraction of sp³-hybridized carbons (Fsp3) is 0.118. The summed E-state index contributed by atoms with van der Waals surface area (Å²) in [6, 6.07) is 16.7. The van der Waals surface area contributed by atoms with Gasteiger partial charge in [0.05, 0.1) is 29.1 Å². The average Bonchev–Trinajstić information content (AvgIpc) is 2.99. The number of hydrogen-bond donors (Lipinski definition) is 1. The summed E-state index contributed by atoms with van der Waals surface area (Å²) in [5.74, 6) is -0.838. The summed E-state index contributed by atoms with van der Waals surface area (Å²) in [7, 11) is 1.53. The highest BCUT2D eigenvalue weighted by Gasteiger charge is 2.24. The van der Waals surface area contributed by atoms with E-state index in [0.29, 0.717) is 16.4 Å². The van der Waals surface area contributed by atoms with Gasteiger partial charge in [-0.2, -0.15) is 5.26 Å². The zero-order valence-electron chi connectivity index (χ0n) is 12.3. The Kier molecular flexibility index (Phi) is 4.22. The molecule has 114 valence electrons. The number of nitriles is 1. The van der Waals surface area contributed by atoms with E-state index in [4.69, 9.17) is 4.74 Å². The van der Waals surface area contributed by atoms with Crippen LogP contribution in [0.4, 0.5) is 5.69 Å². The van der Waals surface area contributed by atoms with Crippen molar-refractivity contribution >= 4 is 33.1 Å². The molecule has 0 fully saturated rings. The molecule has 6 heteroatoms. The third-order valence-electron chi connectivity index (χ3n) is 3.31. The zero-order chi connectivity index (χ0) is 16.2. The minimum absolute atomic E-state index is 0.420. The van der Waals surface area contributed by atoms with Crippen molar-refractivity contribution in [3.05, 3.63) is 53.5 Å². The van der Waals surface area contributed by atoms with Crippen LogP contribution < -0.4 is 10.1 Å². The first kappa shape index (κ1) is 15.0. The Morgan fingerprint density at radius 1 is 1.26 bits per heavy atom. The molecule has 3 aromatic rings. The Labute approximate surface area is 137 Å². The summed E-state index contributed by atoms with van der Waals surface area (Å²) in [5.41, 5.74) is 1.32. The Morgan fingerprint density at radius 2 is 2.00 bits per heavy atom. The third-order valence-corrected chi connectivity index (χ3v) is 4.41. The van der Waals surface area contributed by atoms with Gasteiger partial charge in [0.15, 0.2) is 5.92 Å². The molecule has 0 aliphatic rings. The maximum atomic E-state index is 12.5. The fourth-order valence-electron chi connectivity index (χ4n) is 2.19. The fourth-order valence-corrected chi connectivity index (χ4v) is 3.20. The molecule has 1 atom stereocenters. The number of hydrogen-bond acceptors (Lipinski definition) is 5. The highest BCUT2D eigenvalue weighted by atomic mass is 32.1. The smallest absolute Gasteiger partial charge is 0.248 e. The number of nitrogens with one attached hydrogen (secondary N) is 1. The van der Waals surface area contributed by atoms with Gasteiger partial charge in [0.2, 0.25) is 5.91 Å². The van der Waals surface area contributed by atoms with Crippen molar-refractivity contribution in [1.82, 2.24) is 4.98 Å². The number of benzene rings is 2. The van der Waals surface area contributed by atoms with Crippen LogP contribution in [0.5, 0.6) is 5.75 Å². The summed E-state index contributed by atoms with van der Waals surface area (Å²) in [6.07, 6.45) is 0. The molecular weight excluding hydrogens is 310 g/mol. The first-order valence-corrected chi connectivity index (χ1v) is 7.73. The van der Waals surface area contributed by atoms with Crippen LogP contribution in [0.1, 0.15) is 10.9 Å². The summed E-state index contributed by atoms with van der Waals surface area (Å²) >= 11 is 1.35. The molecule has 1 N–H and O–H groups in total. The molecule has 0 unspecified atom stereocenters. The molecule has 0 aliphatic heterocycles. The Balaban J connectivity index is 1.88. The van der Waals surface area contributed by atoms with Crippen LogP contribution in [0.2, 0.25) is 0 Å². The summed E-state index contributed by atoms with van der Waals surface area (Å²) in [4.78, 5) is 16.9. The molecule has 0 spiro atoms. The quantitative estimate of drug-likeness (QED) is 0.796. The summed E-state index contributed by atoms with van der Waals surface area (Å²) < 4.78 is 6.15. The van der Waals surface area contributed by atoms with Gasteiger partial charge in [-0.3, -0.25) is 4.79 Å². The van der Waals surface area contributed by atoms with E-state index in [1.165, 1.54) is 18.4 Å². The molecule has 1 heterocycles. The lowest BCUT2D eigenvalue weighted by Crippen LogP contribution is -2.20. The van der Waals surface area contributed by atoms with Crippen molar-refractivity contribution in [3.8, 4) is 11.8 Å².